The van der Waals surface area contributed by atoms with Gasteiger partial charge in [0.25, 0.3) is 0 Å². The molecule has 1 aliphatic rings. The van der Waals surface area contributed by atoms with Crippen LogP contribution in [-0.2, 0) is 18.4 Å². The molecule has 0 aromatic carbocycles. The van der Waals surface area contributed by atoms with E-state index in [4.69, 9.17) is 13.6 Å². The summed E-state index contributed by atoms with van der Waals surface area (Å²) in [5.41, 5.74) is -0.360. The molecule has 0 amide bonds. The van der Waals surface area contributed by atoms with E-state index < -0.39 is 22.7 Å². The molecule has 0 aromatic rings. The molecule has 0 radical (unpaired) electrons. The summed E-state index contributed by atoms with van der Waals surface area (Å²) in [5, 5.41) is 0.122. The lowest BCUT2D eigenvalue weighted by Crippen LogP contribution is -2.55. The van der Waals surface area contributed by atoms with E-state index in [-0.39, 0.29) is 22.4 Å². The van der Waals surface area contributed by atoms with Crippen LogP contribution >= 0.6 is 12.6 Å². The zero-order valence-corrected chi connectivity index (χ0v) is 20.2. The Balaban J connectivity index is 2.93. The Hall–Kier alpha value is 0.334. The average Bonchev–Trinajstić information content (AvgIpc) is 2.51. The first-order chi connectivity index (χ1) is 11.4. The van der Waals surface area contributed by atoms with Crippen molar-refractivity contribution in [1.29, 1.82) is 0 Å². The van der Waals surface area contributed by atoms with Gasteiger partial charge in [0.2, 0.25) is 0 Å². The minimum atomic E-state index is -1.91. The van der Waals surface area contributed by atoms with E-state index in [1.165, 1.54) is 0 Å². The predicted octanol–water partition coefficient (Wildman–Crippen LogP) is 5.01. The van der Waals surface area contributed by atoms with Gasteiger partial charge in [0.15, 0.2) is 22.4 Å². The average molecular weight is 407 g/mol. The van der Waals surface area contributed by atoms with E-state index in [0.29, 0.717) is 13.0 Å². The quantitative estimate of drug-likeness (QED) is 0.454. The highest BCUT2D eigenvalue weighted by Crippen LogP contribution is 2.37. The van der Waals surface area contributed by atoms with Crippen molar-refractivity contribution in [2.45, 2.75) is 102 Å². The second-order valence-corrected chi connectivity index (χ2v) is 18.8. The molecule has 3 atom stereocenters. The van der Waals surface area contributed by atoms with Gasteiger partial charge in [-0.25, -0.2) is 0 Å². The molecule has 1 saturated heterocycles. The van der Waals surface area contributed by atoms with E-state index in [1.54, 1.807) is 0 Å². The van der Waals surface area contributed by atoms with Gasteiger partial charge in [-0.05, 0) is 36.3 Å². The van der Waals surface area contributed by atoms with Crippen molar-refractivity contribution in [3.8, 4) is 0 Å². The molecular formula is C18H38O4SSi2. The van der Waals surface area contributed by atoms with E-state index in [1.807, 2.05) is 0 Å². The predicted molar refractivity (Wildman–Crippen MR) is 112 cm³/mol. The van der Waals surface area contributed by atoms with Crippen LogP contribution in [0.4, 0.5) is 0 Å². The van der Waals surface area contributed by atoms with Gasteiger partial charge in [-0.3, -0.25) is 4.79 Å². The SMILES string of the molecule is CC[Si](CC)(CC)O[C@H]1C(=O)C[C@@H](S)O[C@@H]1CO[Si](C)(C)C(C)(C)C. The Morgan fingerprint density at radius 2 is 1.68 bits per heavy atom. The Kier molecular flexibility index (Phi) is 8.43. The van der Waals surface area contributed by atoms with Crippen LogP contribution < -0.4 is 0 Å². The molecule has 0 bridgehead atoms. The largest absolute Gasteiger partial charge is 0.414 e. The van der Waals surface area contributed by atoms with Gasteiger partial charge in [-0.2, -0.15) is 0 Å². The van der Waals surface area contributed by atoms with Crippen LogP contribution in [0.1, 0.15) is 48.0 Å². The van der Waals surface area contributed by atoms with Gasteiger partial charge in [0.05, 0.1) is 6.61 Å². The maximum atomic E-state index is 12.7. The van der Waals surface area contributed by atoms with Crippen molar-refractivity contribution in [1.82, 2.24) is 0 Å². The van der Waals surface area contributed by atoms with Crippen molar-refractivity contribution < 1.29 is 18.4 Å². The summed E-state index contributed by atoms with van der Waals surface area (Å²) >= 11 is 4.39. The second-order valence-electron chi connectivity index (χ2n) is 8.65. The van der Waals surface area contributed by atoms with Gasteiger partial charge in [-0.15, -0.1) is 12.6 Å². The van der Waals surface area contributed by atoms with E-state index in [2.05, 4.69) is 67.3 Å². The van der Waals surface area contributed by atoms with Crippen molar-refractivity contribution in [3.05, 3.63) is 0 Å². The summed E-state index contributed by atoms with van der Waals surface area (Å²) < 4.78 is 18.8. The minimum absolute atomic E-state index is 0.113. The fourth-order valence-corrected chi connectivity index (χ4v) is 7.03. The van der Waals surface area contributed by atoms with Crippen molar-refractivity contribution in [2.24, 2.45) is 0 Å². The number of carbonyl (C=O) groups excluding carboxylic acids is 1. The molecular weight excluding hydrogens is 368 g/mol. The highest BCUT2D eigenvalue weighted by atomic mass is 32.1. The Morgan fingerprint density at radius 1 is 1.16 bits per heavy atom. The highest BCUT2D eigenvalue weighted by Gasteiger charge is 2.44. The van der Waals surface area contributed by atoms with Crippen LogP contribution in [0.2, 0.25) is 36.3 Å². The van der Waals surface area contributed by atoms with Crippen LogP contribution in [0.25, 0.3) is 0 Å². The second kappa shape index (κ2) is 9.02. The highest BCUT2D eigenvalue weighted by molar-refractivity contribution is 7.80. The van der Waals surface area contributed by atoms with Crippen molar-refractivity contribution >= 4 is 35.0 Å². The molecule has 0 aliphatic carbocycles. The number of ether oxygens (including phenoxy) is 1. The zero-order chi connectivity index (χ0) is 19.5. The molecule has 0 saturated carbocycles. The number of carbonyl (C=O) groups is 1. The van der Waals surface area contributed by atoms with Gasteiger partial charge < -0.3 is 13.6 Å². The first-order valence-corrected chi connectivity index (χ1v) is 15.5. The summed E-state index contributed by atoms with van der Waals surface area (Å²) in [6.07, 6.45) is -0.541. The summed E-state index contributed by atoms with van der Waals surface area (Å²) in [4.78, 5) is 12.7. The molecule has 25 heavy (non-hydrogen) atoms. The Bertz CT molecular complexity index is 439. The minimum Gasteiger partial charge on any atom is -0.414 e. The summed E-state index contributed by atoms with van der Waals surface area (Å²) in [5.74, 6) is 0.113. The topological polar surface area (TPSA) is 44.8 Å². The third-order valence-corrected chi connectivity index (χ3v) is 15.5. The lowest BCUT2D eigenvalue weighted by Gasteiger charge is -2.42. The summed E-state index contributed by atoms with van der Waals surface area (Å²) in [7, 11) is -3.80. The van der Waals surface area contributed by atoms with Gasteiger partial charge in [-0.1, -0.05) is 41.5 Å². The molecule has 0 aromatic heterocycles. The fraction of sp³-hybridized carbons (Fsp3) is 0.944. The summed E-state index contributed by atoms with van der Waals surface area (Å²) in [6.45, 7) is 18.0. The van der Waals surface area contributed by atoms with E-state index >= 15 is 0 Å². The third kappa shape index (κ3) is 5.91. The number of Topliss-reactive ketones (excluding diaryl/α,β-unsaturated/α-hetero) is 1. The van der Waals surface area contributed by atoms with Gasteiger partial charge >= 0.3 is 0 Å². The molecule has 0 N–H and O–H groups in total. The first-order valence-electron chi connectivity index (χ1n) is 9.59. The standard InChI is InChI=1S/C18H38O4SSi2/c1-9-25(10-2,11-3)22-17-14(19)12-16(23)21-15(17)13-20-24(7,8)18(4,5)6/h15-17,23H,9-13H2,1-8H3/t15-,16-,17+/m1/s1. The number of ketones is 1. The number of hydrogen-bond donors (Lipinski definition) is 1. The number of hydrogen-bond acceptors (Lipinski definition) is 5. The van der Waals surface area contributed by atoms with E-state index in [0.717, 1.165) is 18.1 Å². The monoisotopic (exact) mass is 406 g/mol. The van der Waals surface area contributed by atoms with Gasteiger partial charge in [0, 0.05) is 6.42 Å². The van der Waals surface area contributed by atoms with E-state index in [9.17, 15) is 4.79 Å². The Labute approximate surface area is 162 Å². The van der Waals surface area contributed by atoms with Crippen LogP contribution in [-0.4, -0.2) is 46.7 Å². The fourth-order valence-electron chi connectivity index (χ4n) is 2.86. The number of thiol groups is 1. The molecule has 4 nitrogen and oxygen atoms in total. The van der Waals surface area contributed by atoms with Crippen molar-refractivity contribution in [2.75, 3.05) is 6.61 Å². The van der Waals surface area contributed by atoms with Crippen LogP contribution in [0.3, 0.4) is 0 Å². The van der Waals surface area contributed by atoms with Crippen LogP contribution in [0.5, 0.6) is 0 Å². The maximum absolute atomic E-state index is 12.7. The molecule has 1 aliphatic heterocycles. The molecule has 1 rings (SSSR count). The van der Waals surface area contributed by atoms with Crippen LogP contribution in [0.15, 0.2) is 0 Å². The zero-order valence-electron chi connectivity index (χ0n) is 17.3. The Morgan fingerprint density at radius 3 is 2.12 bits per heavy atom. The summed E-state index contributed by atoms with van der Waals surface area (Å²) in [6, 6.07) is 3.05. The maximum Gasteiger partial charge on any atom is 0.193 e. The third-order valence-electron chi connectivity index (χ3n) is 6.09. The lowest BCUT2D eigenvalue weighted by molar-refractivity contribution is -0.150. The number of rotatable bonds is 8. The van der Waals surface area contributed by atoms with Crippen molar-refractivity contribution in [3.63, 3.8) is 0 Å². The molecule has 1 fully saturated rings. The van der Waals surface area contributed by atoms with Crippen LogP contribution in [0, 0.1) is 0 Å². The molecule has 7 heteroatoms. The first kappa shape index (κ1) is 23.4. The molecule has 0 unspecified atom stereocenters. The molecule has 1 heterocycles. The normalized spacial score (nSPS) is 26.1. The van der Waals surface area contributed by atoms with Gasteiger partial charge in [0.1, 0.15) is 17.6 Å². The smallest absolute Gasteiger partial charge is 0.193 e. The molecule has 0 spiro atoms. The molecule has 148 valence electrons. The lowest BCUT2D eigenvalue weighted by atomic mass is 10.1.